The first-order valence-corrected chi connectivity index (χ1v) is 6.01. The average molecular weight is 188 g/mol. The highest BCUT2D eigenvalue weighted by atomic mass is 14.6. The van der Waals surface area contributed by atoms with Gasteiger partial charge in [-0.1, -0.05) is 25.5 Å². The van der Waals surface area contributed by atoms with Gasteiger partial charge in [0.15, 0.2) is 0 Å². The van der Waals surface area contributed by atoms with E-state index in [0.717, 1.165) is 11.8 Å². The van der Waals surface area contributed by atoms with Gasteiger partial charge in [0.2, 0.25) is 0 Å². The Morgan fingerprint density at radius 2 is 2.07 bits per heavy atom. The fraction of sp³-hybridized carbons (Fsp3) is 0.714. The Morgan fingerprint density at radius 3 is 2.86 bits per heavy atom. The number of hydrogen-bond donors (Lipinski definition) is 0. The maximum Gasteiger partial charge on any atom is -0.00719 e. The van der Waals surface area contributed by atoms with Crippen molar-refractivity contribution in [3.8, 4) is 0 Å². The maximum absolute atomic E-state index is 2.51. The summed E-state index contributed by atoms with van der Waals surface area (Å²) in [4.78, 5) is 0. The fourth-order valence-corrected chi connectivity index (χ4v) is 3.85. The number of hydrogen-bond acceptors (Lipinski definition) is 0. The molecule has 0 aromatic carbocycles. The first-order valence-electron chi connectivity index (χ1n) is 6.01. The average Bonchev–Trinajstić information content (AvgIpc) is 2.70. The molecule has 0 nitrogen and oxygen atoms in total. The molecule has 0 amide bonds. The molecule has 76 valence electrons. The standard InChI is InChI=1S/C14H20/c1-9-5-4-6-10-7-8-11-13(12(9)10)14(11,2)3/h6,11,13H,4-5,7-8H2,1-3H3/t11-,13-/m1/s1. The second-order valence-corrected chi connectivity index (χ2v) is 5.91. The van der Waals surface area contributed by atoms with Crippen LogP contribution < -0.4 is 0 Å². The summed E-state index contributed by atoms with van der Waals surface area (Å²) >= 11 is 0. The molecule has 0 heterocycles. The van der Waals surface area contributed by atoms with Crippen molar-refractivity contribution >= 4 is 0 Å². The molecule has 3 aliphatic rings. The lowest BCUT2D eigenvalue weighted by molar-refractivity contribution is 0.535. The number of rotatable bonds is 0. The Balaban J connectivity index is 2.04. The lowest BCUT2D eigenvalue weighted by atomic mass is 9.81. The van der Waals surface area contributed by atoms with Crippen LogP contribution in [0.1, 0.15) is 46.5 Å². The van der Waals surface area contributed by atoms with Gasteiger partial charge in [0.05, 0.1) is 0 Å². The van der Waals surface area contributed by atoms with Crippen molar-refractivity contribution in [3.05, 3.63) is 22.8 Å². The van der Waals surface area contributed by atoms with Gasteiger partial charge in [0, 0.05) is 0 Å². The minimum atomic E-state index is 0.615. The third-order valence-electron chi connectivity index (χ3n) is 4.80. The zero-order valence-corrected chi connectivity index (χ0v) is 9.56. The predicted molar refractivity (Wildman–Crippen MR) is 60.0 cm³/mol. The highest BCUT2D eigenvalue weighted by Gasteiger charge is 2.61. The molecule has 2 fully saturated rings. The van der Waals surface area contributed by atoms with Gasteiger partial charge in [-0.05, 0) is 61.0 Å². The molecule has 0 N–H and O–H groups in total. The molecule has 3 rings (SSSR count). The first-order chi connectivity index (χ1) is 6.62. The van der Waals surface area contributed by atoms with E-state index in [1.165, 1.54) is 25.7 Å². The highest BCUT2D eigenvalue weighted by Crippen LogP contribution is 2.68. The molecule has 0 saturated heterocycles. The lowest BCUT2D eigenvalue weighted by Gasteiger charge is -2.24. The van der Waals surface area contributed by atoms with Crippen LogP contribution in [-0.2, 0) is 0 Å². The molecule has 14 heavy (non-hydrogen) atoms. The third-order valence-corrected chi connectivity index (χ3v) is 4.80. The Labute approximate surface area is 87.1 Å². The Hall–Kier alpha value is -0.520. The molecule has 0 radical (unpaired) electrons. The fourth-order valence-electron chi connectivity index (χ4n) is 3.85. The zero-order valence-electron chi connectivity index (χ0n) is 9.56. The number of allylic oxidation sites excluding steroid dienone is 4. The summed E-state index contributed by atoms with van der Waals surface area (Å²) in [6.45, 7) is 7.28. The van der Waals surface area contributed by atoms with Crippen LogP contribution in [0.2, 0.25) is 0 Å². The maximum atomic E-state index is 2.51. The van der Waals surface area contributed by atoms with Gasteiger partial charge < -0.3 is 0 Å². The van der Waals surface area contributed by atoms with Crippen LogP contribution in [0.25, 0.3) is 0 Å². The van der Waals surface area contributed by atoms with Crippen LogP contribution in [0, 0.1) is 17.3 Å². The van der Waals surface area contributed by atoms with E-state index in [4.69, 9.17) is 0 Å². The second kappa shape index (κ2) is 2.53. The summed E-state index contributed by atoms with van der Waals surface area (Å²) < 4.78 is 0. The molecule has 3 aliphatic carbocycles. The summed E-state index contributed by atoms with van der Waals surface area (Å²) in [5.74, 6) is 1.92. The van der Waals surface area contributed by atoms with Gasteiger partial charge in [0.25, 0.3) is 0 Å². The summed E-state index contributed by atoms with van der Waals surface area (Å²) in [6, 6.07) is 0. The van der Waals surface area contributed by atoms with Gasteiger partial charge in [-0.25, -0.2) is 0 Å². The first kappa shape index (κ1) is 8.76. The SMILES string of the molecule is CC1=C2C(=CCC1)CC[C@@H]1[C@H]2C1(C)C. The van der Waals surface area contributed by atoms with Crippen LogP contribution in [0.3, 0.4) is 0 Å². The molecule has 0 bridgehead atoms. The molecule has 0 unspecified atom stereocenters. The van der Waals surface area contributed by atoms with Crippen molar-refractivity contribution < 1.29 is 0 Å². The van der Waals surface area contributed by atoms with Gasteiger partial charge in [-0.2, -0.15) is 0 Å². The van der Waals surface area contributed by atoms with Crippen molar-refractivity contribution in [1.82, 2.24) is 0 Å². The van der Waals surface area contributed by atoms with Gasteiger partial charge >= 0.3 is 0 Å². The molecule has 0 heteroatoms. The van der Waals surface area contributed by atoms with E-state index in [-0.39, 0.29) is 0 Å². The van der Waals surface area contributed by atoms with Gasteiger partial charge in [0.1, 0.15) is 0 Å². The molecular weight excluding hydrogens is 168 g/mol. The lowest BCUT2D eigenvalue weighted by Crippen LogP contribution is -2.08. The van der Waals surface area contributed by atoms with Crippen molar-refractivity contribution in [3.63, 3.8) is 0 Å². The van der Waals surface area contributed by atoms with E-state index >= 15 is 0 Å². The predicted octanol–water partition coefficient (Wildman–Crippen LogP) is 4.09. The quantitative estimate of drug-likeness (QED) is 0.537. The molecule has 2 atom stereocenters. The van der Waals surface area contributed by atoms with E-state index in [9.17, 15) is 0 Å². The topological polar surface area (TPSA) is 0 Å². The van der Waals surface area contributed by atoms with E-state index < -0.39 is 0 Å². The van der Waals surface area contributed by atoms with E-state index in [1.54, 1.807) is 16.7 Å². The highest BCUT2D eigenvalue weighted by molar-refractivity contribution is 5.47. The van der Waals surface area contributed by atoms with Crippen LogP contribution in [0.4, 0.5) is 0 Å². The third kappa shape index (κ3) is 0.947. The largest absolute Gasteiger partial charge is 0.0807 e. The summed E-state index contributed by atoms with van der Waals surface area (Å²) in [5, 5.41) is 0. The van der Waals surface area contributed by atoms with E-state index in [2.05, 4.69) is 26.8 Å². The smallest absolute Gasteiger partial charge is 0.00719 e. The second-order valence-electron chi connectivity index (χ2n) is 5.91. The van der Waals surface area contributed by atoms with Crippen LogP contribution in [-0.4, -0.2) is 0 Å². The molecule has 0 aliphatic heterocycles. The Bertz CT molecular complexity index is 341. The molecule has 2 saturated carbocycles. The molecule has 0 aromatic heterocycles. The summed E-state index contributed by atoms with van der Waals surface area (Å²) in [6.07, 6.45) is 7.92. The normalized spacial score (nSPS) is 38.6. The van der Waals surface area contributed by atoms with Crippen molar-refractivity contribution in [2.45, 2.75) is 46.5 Å². The minimum absolute atomic E-state index is 0.615. The van der Waals surface area contributed by atoms with Crippen molar-refractivity contribution in [2.75, 3.05) is 0 Å². The zero-order chi connectivity index (χ0) is 9.92. The Morgan fingerprint density at radius 1 is 1.29 bits per heavy atom. The van der Waals surface area contributed by atoms with Gasteiger partial charge in [-0.15, -0.1) is 0 Å². The van der Waals surface area contributed by atoms with Crippen LogP contribution in [0.15, 0.2) is 22.8 Å². The van der Waals surface area contributed by atoms with E-state index in [1.807, 2.05) is 0 Å². The molecule has 0 spiro atoms. The molecule has 0 aromatic rings. The summed E-state index contributed by atoms with van der Waals surface area (Å²) in [7, 11) is 0. The molecular formula is C14H20. The summed E-state index contributed by atoms with van der Waals surface area (Å²) in [5.41, 5.74) is 5.80. The van der Waals surface area contributed by atoms with E-state index in [0.29, 0.717) is 5.41 Å². The van der Waals surface area contributed by atoms with Crippen molar-refractivity contribution in [1.29, 1.82) is 0 Å². The Kier molecular flexibility index (Phi) is 1.59. The minimum Gasteiger partial charge on any atom is -0.0807 e. The van der Waals surface area contributed by atoms with Gasteiger partial charge in [-0.3, -0.25) is 0 Å². The van der Waals surface area contributed by atoms with Crippen molar-refractivity contribution in [2.24, 2.45) is 17.3 Å². The number of fused-ring (bicyclic) bond motifs is 3. The monoisotopic (exact) mass is 188 g/mol. The van der Waals surface area contributed by atoms with Crippen LogP contribution in [0.5, 0.6) is 0 Å². The van der Waals surface area contributed by atoms with Crippen LogP contribution >= 0.6 is 0 Å².